The molecular weight excluding hydrogens is 396 g/mol. The minimum Gasteiger partial charge on any atom is -0.465 e. The summed E-state index contributed by atoms with van der Waals surface area (Å²) < 4.78 is 34.2. The lowest BCUT2D eigenvalue weighted by Crippen LogP contribution is -2.53. The van der Waals surface area contributed by atoms with Crippen LogP contribution in [0.3, 0.4) is 0 Å². The first-order chi connectivity index (χ1) is 13.7. The van der Waals surface area contributed by atoms with Crippen molar-refractivity contribution in [2.75, 3.05) is 0 Å². The number of hydrogen-bond donors (Lipinski definition) is 3. The third kappa shape index (κ3) is 3.68. The van der Waals surface area contributed by atoms with Crippen molar-refractivity contribution < 1.29 is 22.8 Å². The monoisotopic (exact) mass is 416 g/mol. The summed E-state index contributed by atoms with van der Waals surface area (Å²) >= 11 is 0. The molecule has 0 unspecified atom stereocenters. The highest BCUT2D eigenvalue weighted by atomic mass is 32.2. The highest BCUT2D eigenvalue weighted by Gasteiger charge is 2.34. The predicted molar refractivity (Wildman–Crippen MR) is 105 cm³/mol. The molecule has 0 atom stereocenters. The molecule has 10 heteroatoms. The molecule has 3 N–H and O–H groups in total. The number of pyridine rings is 1. The van der Waals surface area contributed by atoms with E-state index in [1.54, 1.807) is 38.2 Å². The zero-order valence-electron chi connectivity index (χ0n) is 15.8. The van der Waals surface area contributed by atoms with E-state index < -0.39 is 16.1 Å². The van der Waals surface area contributed by atoms with Gasteiger partial charge in [0.25, 0.3) is 0 Å². The molecule has 0 spiro atoms. The van der Waals surface area contributed by atoms with E-state index in [4.69, 9.17) is 9.63 Å². The van der Waals surface area contributed by atoms with E-state index in [9.17, 15) is 13.2 Å². The maximum atomic E-state index is 13.2. The standard InChI is InChI=1S/C19H20N4O5S/c1-10-18(11(2)28-22-10)12-6-16-15(4-3-5-20-16)17(7-12)29(26,27)23-14-8-13(9-14)21-19(24)25/h3-7,13-14,21,23H,8-9H2,1-2H3,(H,24,25)/t13-,14+. The first-order valence-electron chi connectivity index (χ1n) is 9.08. The van der Waals surface area contributed by atoms with E-state index in [-0.39, 0.29) is 17.0 Å². The van der Waals surface area contributed by atoms with Crippen LogP contribution < -0.4 is 10.0 Å². The maximum Gasteiger partial charge on any atom is 0.404 e. The average molecular weight is 416 g/mol. The molecule has 2 aromatic heterocycles. The molecular formula is C19H20N4O5S. The minimum absolute atomic E-state index is 0.118. The van der Waals surface area contributed by atoms with Gasteiger partial charge in [-0.15, -0.1) is 0 Å². The minimum atomic E-state index is -3.85. The lowest BCUT2D eigenvalue weighted by molar-refractivity contribution is 0.176. The average Bonchev–Trinajstić information content (AvgIpc) is 2.97. The summed E-state index contributed by atoms with van der Waals surface area (Å²) in [5, 5.41) is 15.6. The van der Waals surface area contributed by atoms with Crippen molar-refractivity contribution in [3.8, 4) is 11.1 Å². The molecule has 0 radical (unpaired) electrons. The molecule has 1 aliphatic carbocycles. The Balaban J connectivity index is 1.72. The Kier molecular flexibility index (Phi) is 4.75. The van der Waals surface area contributed by atoms with Gasteiger partial charge in [0.15, 0.2) is 0 Å². The molecule has 1 fully saturated rings. The molecule has 152 valence electrons. The molecule has 29 heavy (non-hydrogen) atoms. The summed E-state index contributed by atoms with van der Waals surface area (Å²) in [6, 6.07) is 6.25. The van der Waals surface area contributed by atoms with Crippen LogP contribution >= 0.6 is 0 Å². The zero-order chi connectivity index (χ0) is 20.8. The van der Waals surface area contributed by atoms with Crippen molar-refractivity contribution in [2.24, 2.45) is 0 Å². The maximum absolute atomic E-state index is 13.2. The molecule has 2 heterocycles. The van der Waals surface area contributed by atoms with Gasteiger partial charge in [-0.1, -0.05) is 5.16 Å². The van der Waals surface area contributed by atoms with Crippen molar-refractivity contribution >= 4 is 27.0 Å². The number of nitrogens with one attached hydrogen (secondary N) is 2. The largest absolute Gasteiger partial charge is 0.465 e. The summed E-state index contributed by atoms with van der Waals surface area (Å²) in [5.41, 5.74) is 2.61. The molecule has 1 aliphatic rings. The van der Waals surface area contributed by atoms with Crippen molar-refractivity contribution in [3.63, 3.8) is 0 Å². The van der Waals surface area contributed by atoms with Gasteiger partial charge in [-0.05, 0) is 56.5 Å². The molecule has 1 aromatic carbocycles. The number of aromatic nitrogens is 2. The van der Waals surface area contributed by atoms with E-state index in [0.717, 1.165) is 5.56 Å². The number of sulfonamides is 1. The van der Waals surface area contributed by atoms with Crippen LogP contribution in [0.2, 0.25) is 0 Å². The van der Waals surface area contributed by atoms with Crippen molar-refractivity contribution in [1.82, 2.24) is 20.2 Å². The van der Waals surface area contributed by atoms with Gasteiger partial charge < -0.3 is 14.9 Å². The SMILES string of the molecule is Cc1noc(C)c1-c1cc(S(=O)(=O)N[C@H]2C[C@@H](NC(=O)O)C2)c2cccnc2c1. The van der Waals surface area contributed by atoms with Gasteiger partial charge in [-0.25, -0.2) is 17.9 Å². The second kappa shape index (κ2) is 7.12. The van der Waals surface area contributed by atoms with Gasteiger partial charge in [0.1, 0.15) is 5.76 Å². The van der Waals surface area contributed by atoms with E-state index >= 15 is 0 Å². The lowest BCUT2D eigenvalue weighted by Gasteiger charge is -2.35. The highest BCUT2D eigenvalue weighted by molar-refractivity contribution is 7.89. The van der Waals surface area contributed by atoms with E-state index in [2.05, 4.69) is 20.2 Å². The van der Waals surface area contributed by atoms with Crippen molar-refractivity contribution in [1.29, 1.82) is 0 Å². The number of carboxylic acid groups (broad SMARTS) is 1. The van der Waals surface area contributed by atoms with Gasteiger partial charge in [0, 0.05) is 29.2 Å². The smallest absolute Gasteiger partial charge is 0.404 e. The number of hydrogen-bond acceptors (Lipinski definition) is 6. The number of benzene rings is 1. The van der Waals surface area contributed by atoms with E-state index in [1.807, 2.05) is 6.07 Å². The number of fused-ring (bicyclic) bond motifs is 1. The van der Waals surface area contributed by atoms with E-state index in [0.29, 0.717) is 40.8 Å². The number of rotatable bonds is 5. The Morgan fingerprint density at radius 2 is 2.00 bits per heavy atom. The second-order valence-corrected chi connectivity index (χ2v) is 8.86. The van der Waals surface area contributed by atoms with Crippen LogP contribution in [0.15, 0.2) is 39.9 Å². The van der Waals surface area contributed by atoms with Gasteiger partial charge in [-0.3, -0.25) is 4.98 Å². The Morgan fingerprint density at radius 3 is 2.66 bits per heavy atom. The van der Waals surface area contributed by atoms with Crippen LogP contribution in [-0.2, 0) is 10.0 Å². The molecule has 1 amide bonds. The normalized spacial score (nSPS) is 19.1. The second-order valence-electron chi connectivity index (χ2n) is 7.18. The molecule has 4 rings (SSSR count). The van der Waals surface area contributed by atoms with Crippen molar-refractivity contribution in [2.45, 2.75) is 43.7 Å². The molecule has 0 bridgehead atoms. The van der Waals surface area contributed by atoms with Crippen LogP contribution in [0.4, 0.5) is 4.79 Å². The summed E-state index contributed by atoms with van der Waals surface area (Å²) in [7, 11) is -3.85. The number of amides is 1. The molecule has 1 saturated carbocycles. The van der Waals surface area contributed by atoms with Crippen molar-refractivity contribution in [3.05, 3.63) is 41.9 Å². The molecule has 3 aromatic rings. The summed E-state index contributed by atoms with van der Waals surface area (Å²) in [5.74, 6) is 0.593. The first-order valence-corrected chi connectivity index (χ1v) is 10.6. The third-order valence-electron chi connectivity index (χ3n) is 5.08. The van der Waals surface area contributed by atoms with Gasteiger partial charge in [-0.2, -0.15) is 0 Å². The quantitative estimate of drug-likeness (QED) is 0.582. The number of carbonyl (C=O) groups is 1. The van der Waals surface area contributed by atoms with E-state index in [1.165, 1.54) is 0 Å². The fourth-order valence-corrected chi connectivity index (χ4v) is 5.20. The predicted octanol–water partition coefficient (Wildman–Crippen LogP) is 2.58. The Morgan fingerprint density at radius 1 is 1.24 bits per heavy atom. The fourth-order valence-electron chi connectivity index (χ4n) is 3.70. The molecule has 0 saturated heterocycles. The Bertz CT molecular complexity index is 1180. The topological polar surface area (TPSA) is 134 Å². The van der Waals surface area contributed by atoms with Gasteiger partial charge in [0.2, 0.25) is 10.0 Å². The van der Waals surface area contributed by atoms with Gasteiger partial charge in [0.05, 0.1) is 16.1 Å². The first kappa shape index (κ1) is 19.3. The van der Waals surface area contributed by atoms with Gasteiger partial charge >= 0.3 is 6.09 Å². The molecule has 9 nitrogen and oxygen atoms in total. The van der Waals surface area contributed by atoms with Crippen LogP contribution in [0.25, 0.3) is 22.0 Å². The Labute approximate surface area is 167 Å². The van der Waals surface area contributed by atoms with Crippen LogP contribution in [-0.4, -0.2) is 41.8 Å². The van der Waals surface area contributed by atoms with Crippen LogP contribution in [0, 0.1) is 13.8 Å². The Hall–Kier alpha value is -2.98. The molecule has 0 aliphatic heterocycles. The number of nitrogens with zero attached hydrogens (tertiary/aromatic N) is 2. The fraction of sp³-hybridized carbons (Fsp3) is 0.316. The summed E-state index contributed by atoms with van der Waals surface area (Å²) in [6.07, 6.45) is 1.31. The number of aryl methyl sites for hydroxylation is 2. The lowest BCUT2D eigenvalue weighted by atomic mass is 9.88. The van der Waals surface area contributed by atoms with Crippen LogP contribution in [0.5, 0.6) is 0 Å². The summed E-state index contributed by atoms with van der Waals surface area (Å²) in [6.45, 7) is 3.57. The summed E-state index contributed by atoms with van der Waals surface area (Å²) in [4.78, 5) is 15.1. The zero-order valence-corrected chi connectivity index (χ0v) is 16.7. The van der Waals surface area contributed by atoms with Crippen LogP contribution in [0.1, 0.15) is 24.3 Å². The highest BCUT2D eigenvalue weighted by Crippen LogP contribution is 2.33. The third-order valence-corrected chi connectivity index (χ3v) is 6.64.